The Bertz CT molecular complexity index is 838. The molecule has 0 aliphatic heterocycles. The summed E-state index contributed by atoms with van der Waals surface area (Å²) in [4.78, 5) is 29.1. The van der Waals surface area contributed by atoms with Gasteiger partial charge in [0.1, 0.15) is 11.5 Å². The number of nitrogens with two attached hydrogens (primary N) is 1. The van der Waals surface area contributed by atoms with Gasteiger partial charge in [-0.1, -0.05) is 12.1 Å². The van der Waals surface area contributed by atoms with E-state index < -0.39 is 0 Å². The van der Waals surface area contributed by atoms with E-state index in [-0.39, 0.29) is 18.2 Å². The molecule has 7 heteroatoms. The van der Waals surface area contributed by atoms with Crippen molar-refractivity contribution in [2.45, 2.75) is 12.8 Å². The summed E-state index contributed by atoms with van der Waals surface area (Å²) in [7, 11) is 0. The molecule has 2 N–H and O–H groups in total. The van der Waals surface area contributed by atoms with E-state index in [9.17, 15) is 4.79 Å². The molecular weight excluding hydrogens is 393 g/mol. The van der Waals surface area contributed by atoms with Crippen LogP contribution < -0.4 is 5.73 Å². The first-order valence-corrected chi connectivity index (χ1v) is 7.74. The fourth-order valence-corrected chi connectivity index (χ4v) is 2.77. The Morgan fingerprint density at radius 2 is 1.91 bits per heavy atom. The highest BCUT2D eigenvalue weighted by Crippen LogP contribution is 2.23. The molecule has 0 saturated heterocycles. The standard InChI is InChI=1S/C15H12IN5O/c16-10-4-1-3-9-13(10)20-15(17)21-14(9)11(22)5-6-12-18-7-2-8-19-12/h1-4,7-8H,5-6H2,(H2,17,20,21). The quantitative estimate of drug-likeness (QED) is 0.529. The number of rotatable bonds is 4. The average Bonchev–Trinajstić information content (AvgIpc) is 2.54. The molecule has 110 valence electrons. The maximum atomic E-state index is 12.5. The lowest BCUT2D eigenvalue weighted by Crippen LogP contribution is -2.09. The fourth-order valence-electron chi connectivity index (χ4n) is 2.15. The van der Waals surface area contributed by atoms with Crippen molar-refractivity contribution in [1.82, 2.24) is 19.9 Å². The van der Waals surface area contributed by atoms with Gasteiger partial charge < -0.3 is 5.73 Å². The third-order valence-electron chi connectivity index (χ3n) is 3.15. The number of nitrogens with zero attached hydrogens (tertiary/aromatic N) is 4. The van der Waals surface area contributed by atoms with Crippen LogP contribution in [0.3, 0.4) is 0 Å². The van der Waals surface area contributed by atoms with Gasteiger partial charge in [0.15, 0.2) is 5.78 Å². The van der Waals surface area contributed by atoms with Crippen LogP contribution in [0.15, 0.2) is 36.7 Å². The van der Waals surface area contributed by atoms with Crippen molar-refractivity contribution in [2.24, 2.45) is 0 Å². The Labute approximate surface area is 140 Å². The molecule has 2 heterocycles. The second-order valence-electron chi connectivity index (χ2n) is 4.65. The van der Waals surface area contributed by atoms with Crippen molar-refractivity contribution in [3.8, 4) is 0 Å². The zero-order chi connectivity index (χ0) is 15.5. The molecule has 0 unspecified atom stereocenters. The number of fused-ring (bicyclic) bond motifs is 1. The van der Waals surface area contributed by atoms with Crippen molar-refractivity contribution in [3.63, 3.8) is 0 Å². The summed E-state index contributed by atoms with van der Waals surface area (Å²) < 4.78 is 0.935. The number of hydrogen-bond donors (Lipinski definition) is 1. The average molecular weight is 405 g/mol. The van der Waals surface area contributed by atoms with Gasteiger partial charge in [0.25, 0.3) is 0 Å². The second kappa shape index (κ2) is 6.30. The topological polar surface area (TPSA) is 94.7 Å². The van der Waals surface area contributed by atoms with E-state index in [0.29, 0.717) is 23.5 Å². The highest BCUT2D eigenvalue weighted by atomic mass is 127. The maximum absolute atomic E-state index is 12.5. The van der Waals surface area contributed by atoms with E-state index in [1.165, 1.54) is 0 Å². The second-order valence-corrected chi connectivity index (χ2v) is 5.82. The first-order chi connectivity index (χ1) is 10.6. The van der Waals surface area contributed by atoms with Crippen LogP contribution in [-0.4, -0.2) is 25.7 Å². The minimum Gasteiger partial charge on any atom is -0.368 e. The summed E-state index contributed by atoms with van der Waals surface area (Å²) in [5, 5.41) is 0.722. The number of ketones is 1. The zero-order valence-corrected chi connectivity index (χ0v) is 13.7. The van der Waals surface area contributed by atoms with Gasteiger partial charge in [0.2, 0.25) is 5.95 Å². The SMILES string of the molecule is Nc1nc(C(=O)CCc2ncccn2)c2cccc(I)c2n1. The zero-order valence-electron chi connectivity index (χ0n) is 11.5. The highest BCUT2D eigenvalue weighted by Gasteiger charge is 2.15. The smallest absolute Gasteiger partial charge is 0.221 e. The van der Waals surface area contributed by atoms with E-state index in [1.54, 1.807) is 18.5 Å². The van der Waals surface area contributed by atoms with Crippen LogP contribution in [0.25, 0.3) is 10.9 Å². The Kier molecular flexibility index (Phi) is 4.23. The third kappa shape index (κ3) is 3.03. The van der Waals surface area contributed by atoms with Crippen molar-refractivity contribution in [1.29, 1.82) is 0 Å². The Morgan fingerprint density at radius 3 is 2.68 bits per heavy atom. The maximum Gasteiger partial charge on any atom is 0.221 e. The number of carbonyl (C=O) groups is 1. The molecule has 0 bridgehead atoms. The van der Waals surface area contributed by atoms with Gasteiger partial charge >= 0.3 is 0 Å². The van der Waals surface area contributed by atoms with Crippen molar-refractivity contribution < 1.29 is 4.79 Å². The predicted octanol–water partition coefficient (Wildman–Crippen LogP) is 2.42. The van der Waals surface area contributed by atoms with E-state index in [0.717, 1.165) is 8.96 Å². The molecule has 22 heavy (non-hydrogen) atoms. The van der Waals surface area contributed by atoms with E-state index >= 15 is 0 Å². The molecule has 0 aliphatic rings. The molecule has 0 spiro atoms. The summed E-state index contributed by atoms with van der Waals surface area (Å²) in [6.45, 7) is 0. The summed E-state index contributed by atoms with van der Waals surface area (Å²) in [6.07, 6.45) is 4.07. The van der Waals surface area contributed by atoms with E-state index in [2.05, 4.69) is 42.5 Å². The Hall–Kier alpha value is -2.16. The molecule has 0 fully saturated rings. The molecule has 0 aliphatic carbocycles. The number of carbonyl (C=O) groups excluding carboxylic acids is 1. The largest absolute Gasteiger partial charge is 0.368 e. The molecule has 6 nitrogen and oxygen atoms in total. The van der Waals surface area contributed by atoms with Gasteiger partial charge in [0, 0.05) is 34.2 Å². The lowest BCUT2D eigenvalue weighted by molar-refractivity contribution is 0.0979. The number of aromatic nitrogens is 4. The lowest BCUT2D eigenvalue weighted by atomic mass is 10.1. The van der Waals surface area contributed by atoms with Crippen LogP contribution in [0.1, 0.15) is 22.7 Å². The van der Waals surface area contributed by atoms with Crippen LogP contribution in [0.4, 0.5) is 5.95 Å². The van der Waals surface area contributed by atoms with Crippen LogP contribution in [0.2, 0.25) is 0 Å². The number of hydrogen-bond acceptors (Lipinski definition) is 6. The van der Waals surface area contributed by atoms with Crippen LogP contribution in [-0.2, 0) is 6.42 Å². The van der Waals surface area contributed by atoms with Gasteiger partial charge in [-0.2, -0.15) is 0 Å². The number of Topliss-reactive ketones (excluding diaryl/α,β-unsaturated/α-hetero) is 1. The van der Waals surface area contributed by atoms with Crippen molar-refractivity contribution in [2.75, 3.05) is 5.73 Å². The summed E-state index contributed by atoms with van der Waals surface area (Å²) in [6, 6.07) is 7.37. The van der Waals surface area contributed by atoms with Gasteiger partial charge in [-0.05, 0) is 34.7 Å². The molecule has 0 saturated carbocycles. The normalized spacial score (nSPS) is 10.8. The molecule has 0 atom stereocenters. The van der Waals surface area contributed by atoms with E-state index in [1.807, 2.05) is 18.2 Å². The van der Waals surface area contributed by atoms with Gasteiger partial charge in [0.05, 0.1) is 5.52 Å². The number of benzene rings is 1. The van der Waals surface area contributed by atoms with Gasteiger partial charge in [-0.25, -0.2) is 19.9 Å². The summed E-state index contributed by atoms with van der Waals surface area (Å²) >= 11 is 2.17. The molecule has 1 aromatic carbocycles. The fraction of sp³-hybridized carbons (Fsp3) is 0.133. The molecule has 0 radical (unpaired) electrons. The molecule has 3 aromatic rings. The predicted molar refractivity (Wildman–Crippen MR) is 91.4 cm³/mol. The Balaban J connectivity index is 1.92. The Morgan fingerprint density at radius 1 is 1.14 bits per heavy atom. The monoisotopic (exact) mass is 405 g/mol. The number of anilines is 1. The molecule has 0 amide bonds. The number of aryl methyl sites for hydroxylation is 1. The molecular formula is C15H12IN5O. The highest BCUT2D eigenvalue weighted by molar-refractivity contribution is 14.1. The first-order valence-electron chi connectivity index (χ1n) is 6.66. The lowest BCUT2D eigenvalue weighted by Gasteiger charge is -2.07. The van der Waals surface area contributed by atoms with E-state index in [4.69, 9.17) is 5.73 Å². The number of halogens is 1. The minimum atomic E-state index is -0.0893. The van der Waals surface area contributed by atoms with Crippen LogP contribution in [0.5, 0.6) is 0 Å². The van der Waals surface area contributed by atoms with Crippen molar-refractivity contribution in [3.05, 3.63) is 51.7 Å². The van der Waals surface area contributed by atoms with Gasteiger partial charge in [-0.15, -0.1) is 0 Å². The summed E-state index contributed by atoms with van der Waals surface area (Å²) in [5.41, 5.74) is 6.80. The van der Waals surface area contributed by atoms with Gasteiger partial charge in [-0.3, -0.25) is 4.79 Å². The van der Waals surface area contributed by atoms with Crippen molar-refractivity contribution >= 4 is 45.2 Å². The molecule has 2 aromatic heterocycles. The number of para-hydroxylation sites is 1. The molecule has 3 rings (SSSR count). The summed E-state index contributed by atoms with van der Waals surface area (Å²) in [5.74, 6) is 0.654. The number of nitrogen functional groups attached to an aromatic ring is 1. The minimum absolute atomic E-state index is 0.0893. The van der Waals surface area contributed by atoms with Crippen LogP contribution in [0, 0.1) is 3.57 Å². The van der Waals surface area contributed by atoms with Crippen LogP contribution >= 0.6 is 22.6 Å². The first kappa shape index (κ1) is 14.8. The third-order valence-corrected chi connectivity index (χ3v) is 4.02.